The molecule has 1 unspecified atom stereocenters. The third-order valence-electron chi connectivity index (χ3n) is 5.54. The number of rotatable bonds is 4. The monoisotopic (exact) mass is 268 g/mol. The molecule has 0 aliphatic carbocycles. The first-order valence-corrected chi connectivity index (χ1v) is 8.09. The Morgan fingerprint density at radius 2 is 1.84 bits per heavy atom. The molecule has 0 aromatic carbocycles. The summed E-state index contributed by atoms with van der Waals surface area (Å²) in [5, 5.41) is 3.80. The van der Waals surface area contributed by atoms with Crippen molar-refractivity contribution in [2.75, 3.05) is 32.8 Å². The van der Waals surface area contributed by atoms with E-state index in [1.54, 1.807) is 0 Å². The highest BCUT2D eigenvalue weighted by Gasteiger charge is 2.38. The minimum absolute atomic E-state index is 0.341. The van der Waals surface area contributed by atoms with Gasteiger partial charge in [-0.25, -0.2) is 0 Å². The van der Waals surface area contributed by atoms with Crippen LogP contribution in [0.1, 0.15) is 53.4 Å². The van der Waals surface area contributed by atoms with Crippen molar-refractivity contribution in [1.82, 2.24) is 10.2 Å². The van der Waals surface area contributed by atoms with Gasteiger partial charge in [0.05, 0.1) is 0 Å². The summed E-state index contributed by atoms with van der Waals surface area (Å²) in [4.78, 5) is 2.73. The summed E-state index contributed by atoms with van der Waals surface area (Å²) in [6.07, 6.45) is 4.89. The summed E-state index contributed by atoms with van der Waals surface area (Å²) in [6.45, 7) is 14.9. The van der Waals surface area contributed by atoms with Gasteiger partial charge in [-0.2, -0.15) is 0 Å². The van der Waals surface area contributed by atoms with E-state index in [4.69, 9.17) is 4.74 Å². The topological polar surface area (TPSA) is 24.5 Å². The smallest absolute Gasteiger partial charge is 0.0471 e. The van der Waals surface area contributed by atoms with E-state index >= 15 is 0 Å². The predicted molar refractivity (Wildman–Crippen MR) is 80.5 cm³/mol. The van der Waals surface area contributed by atoms with Crippen LogP contribution in [0.3, 0.4) is 0 Å². The molecule has 0 spiro atoms. The maximum Gasteiger partial charge on any atom is 0.0471 e. The zero-order valence-corrected chi connectivity index (χ0v) is 13.3. The van der Waals surface area contributed by atoms with Crippen molar-refractivity contribution in [2.24, 2.45) is 5.41 Å². The van der Waals surface area contributed by atoms with Crippen molar-refractivity contribution in [3.63, 3.8) is 0 Å². The fourth-order valence-corrected chi connectivity index (χ4v) is 3.54. The van der Waals surface area contributed by atoms with Gasteiger partial charge in [-0.3, -0.25) is 4.90 Å². The van der Waals surface area contributed by atoms with Crippen molar-refractivity contribution in [3.05, 3.63) is 0 Å². The summed E-state index contributed by atoms with van der Waals surface area (Å²) in [5.41, 5.74) is 0.797. The summed E-state index contributed by atoms with van der Waals surface area (Å²) in [5.74, 6) is 0. The van der Waals surface area contributed by atoms with Gasteiger partial charge >= 0.3 is 0 Å². The van der Waals surface area contributed by atoms with Gasteiger partial charge in [0.25, 0.3) is 0 Å². The first-order valence-electron chi connectivity index (χ1n) is 8.09. The molecule has 19 heavy (non-hydrogen) atoms. The molecule has 2 fully saturated rings. The average molecular weight is 268 g/mol. The van der Waals surface area contributed by atoms with Crippen molar-refractivity contribution in [1.29, 1.82) is 0 Å². The van der Waals surface area contributed by atoms with Crippen molar-refractivity contribution in [3.8, 4) is 0 Å². The Labute approximate surface area is 119 Å². The van der Waals surface area contributed by atoms with Crippen LogP contribution in [0.15, 0.2) is 0 Å². The molecule has 112 valence electrons. The zero-order chi connectivity index (χ0) is 13.9. The highest BCUT2D eigenvalue weighted by atomic mass is 16.5. The molecule has 2 aliphatic rings. The highest BCUT2D eigenvalue weighted by molar-refractivity contribution is 4.97. The molecule has 3 nitrogen and oxygen atoms in total. The molecule has 0 radical (unpaired) electrons. The molecule has 2 rings (SSSR count). The molecule has 2 aliphatic heterocycles. The van der Waals surface area contributed by atoms with Crippen LogP contribution in [-0.4, -0.2) is 49.3 Å². The van der Waals surface area contributed by atoms with E-state index in [9.17, 15) is 0 Å². The largest absolute Gasteiger partial charge is 0.381 e. The molecular formula is C16H32N2O. The summed E-state index contributed by atoms with van der Waals surface area (Å²) >= 11 is 0. The van der Waals surface area contributed by atoms with Gasteiger partial charge in [0.1, 0.15) is 0 Å². The van der Waals surface area contributed by atoms with Crippen LogP contribution in [0, 0.1) is 5.41 Å². The molecule has 0 aromatic rings. The van der Waals surface area contributed by atoms with Crippen LogP contribution in [0.4, 0.5) is 0 Å². The van der Waals surface area contributed by atoms with Crippen LogP contribution in [-0.2, 0) is 4.74 Å². The normalized spacial score (nSPS) is 31.3. The standard InChI is InChI=1S/C16H32N2O/c1-5-16(6-2)13-18(14(3)11-17-16)12-15(4)7-9-19-10-8-15/h14,17H,5-13H2,1-4H3. The molecular weight excluding hydrogens is 236 g/mol. The van der Waals surface area contributed by atoms with Crippen LogP contribution >= 0.6 is 0 Å². The second-order valence-electron chi connectivity index (χ2n) is 7.05. The number of nitrogens with zero attached hydrogens (tertiary/aromatic N) is 1. The lowest BCUT2D eigenvalue weighted by Crippen LogP contribution is -2.64. The van der Waals surface area contributed by atoms with Gasteiger partial charge in [0.15, 0.2) is 0 Å². The van der Waals surface area contributed by atoms with Crippen LogP contribution in [0.2, 0.25) is 0 Å². The number of nitrogens with one attached hydrogen (secondary N) is 1. The lowest BCUT2D eigenvalue weighted by molar-refractivity contribution is -0.0183. The number of ether oxygens (including phenoxy) is 1. The first-order chi connectivity index (χ1) is 9.02. The Kier molecular flexibility index (Phi) is 4.91. The predicted octanol–water partition coefficient (Wildman–Crippen LogP) is 2.66. The van der Waals surface area contributed by atoms with Crippen LogP contribution in [0.25, 0.3) is 0 Å². The Bertz CT molecular complexity index is 282. The SMILES string of the molecule is CCC1(CC)CN(CC2(C)CCOCC2)C(C)CN1. The Morgan fingerprint density at radius 1 is 1.21 bits per heavy atom. The summed E-state index contributed by atoms with van der Waals surface area (Å²) < 4.78 is 5.53. The lowest BCUT2D eigenvalue weighted by atomic mass is 9.80. The average Bonchev–Trinajstić information content (AvgIpc) is 2.42. The van der Waals surface area contributed by atoms with E-state index in [1.165, 1.54) is 38.8 Å². The summed E-state index contributed by atoms with van der Waals surface area (Å²) in [7, 11) is 0. The van der Waals surface area contributed by atoms with Gasteiger partial charge in [0, 0.05) is 44.4 Å². The van der Waals surface area contributed by atoms with Gasteiger partial charge < -0.3 is 10.1 Å². The van der Waals surface area contributed by atoms with E-state index in [-0.39, 0.29) is 0 Å². The Hall–Kier alpha value is -0.120. The molecule has 2 heterocycles. The van der Waals surface area contributed by atoms with E-state index in [0.29, 0.717) is 17.0 Å². The quantitative estimate of drug-likeness (QED) is 0.848. The minimum Gasteiger partial charge on any atom is -0.381 e. The molecule has 3 heteroatoms. The molecule has 0 saturated carbocycles. The number of piperazine rings is 1. The van der Waals surface area contributed by atoms with E-state index in [0.717, 1.165) is 19.8 Å². The highest BCUT2D eigenvalue weighted by Crippen LogP contribution is 2.33. The molecule has 1 N–H and O–H groups in total. The molecule has 2 saturated heterocycles. The van der Waals surface area contributed by atoms with Crippen molar-refractivity contribution < 1.29 is 4.74 Å². The summed E-state index contributed by atoms with van der Waals surface area (Å²) in [6, 6.07) is 0.658. The van der Waals surface area contributed by atoms with Crippen molar-refractivity contribution >= 4 is 0 Å². The van der Waals surface area contributed by atoms with Gasteiger partial charge in [-0.1, -0.05) is 20.8 Å². The molecule has 0 bridgehead atoms. The second kappa shape index (κ2) is 6.11. The Balaban J connectivity index is 2.00. The molecule has 1 atom stereocenters. The van der Waals surface area contributed by atoms with Crippen LogP contribution in [0.5, 0.6) is 0 Å². The van der Waals surface area contributed by atoms with Crippen molar-refractivity contribution in [2.45, 2.75) is 65.0 Å². The zero-order valence-electron chi connectivity index (χ0n) is 13.3. The van der Waals surface area contributed by atoms with Gasteiger partial charge in [0.2, 0.25) is 0 Å². The third-order valence-corrected chi connectivity index (χ3v) is 5.54. The lowest BCUT2D eigenvalue weighted by Gasteiger charge is -2.49. The van der Waals surface area contributed by atoms with E-state index in [2.05, 4.69) is 37.9 Å². The number of hydrogen-bond donors (Lipinski definition) is 1. The minimum atomic E-state index is 0.341. The van der Waals surface area contributed by atoms with Gasteiger partial charge in [-0.05, 0) is 38.0 Å². The maximum absolute atomic E-state index is 5.53. The maximum atomic E-state index is 5.53. The van der Waals surface area contributed by atoms with E-state index in [1.807, 2.05) is 0 Å². The van der Waals surface area contributed by atoms with E-state index < -0.39 is 0 Å². The van der Waals surface area contributed by atoms with Crippen LogP contribution < -0.4 is 5.32 Å². The second-order valence-corrected chi connectivity index (χ2v) is 7.05. The fraction of sp³-hybridized carbons (Fsp3) is 1.00. The molecule has 0 amide bonds. The molecule has 0 aromatic heterocycles. The fourth-order valence-electron chi connectivity index (χ4n) is 3.54. The number of hydrogen-bond acceptors (Lipinski definition) is 3. The Morgan fingerprint density at radius 3 is 2.42 bits per heavy atom. The van der Waals surface area contributed by atoms with Gasteiger partial charge in [-0.15, -0.1) is 0 Å². The first kappa shape index (κ1) is 15.3. The third kappa shape index (κ3) is 3.50.